The summed E-state index contributed by atoms with van der Waals surface area (Å²) < 4.78 is 7.46. The number of benzene rings is 1. The summed E-state index contributed by atoms with van der Waals surface area (Å²) in [5.74, 6) is 0.293. The van der Waals surface area contributed by atoms with Crippen LogP contribution in [0.1, 0.15) is 28.7 Å². The van der Waals surface area contributed by atoms with Crippen LogP contribution in [0.5, 0.6) is 0 Å². The van der Waals surface area contributed by atoms with E-state index in [9.17, 15) is 9.59 Å². The van der Waals surface area contributed by atoms with Gasteiger partial charge in [0, 0.05) is 11.9 Å². The van der Waals surface area contributed by atoms with Crippen LogP contribution in [-0.4, -0.2) is 26.8 Å². The Morgan fingerprint density at radius 2 is 2.03 bits per heavy atom. The second-order valence-corrected chi connectivity index (χ2v) is 8.60. The van der Waals surface area contributed by atoms with Gasteiger partial charge in [0.1, 0.15) is 21.8 Å². The van der Waals surface area contributed by atoms with Crippen molar-refractivity contribution in [1.29, 1.82) is 0 Å². The molecule has 1 aromatic carbocycles. The second-order valence-electron chi connectivity index (χ2n) is 7.71. The van der Waals surface area contributed by atoms with Crippen LogP contribution in [0, 0.1) is 0 Å². The first-order chi connectivity index (χ1) is 14.6. The Balaban J connectivity index is 1.51. The largest absolute Gasteiger partial charge is 0.467 e. The highest BCUT2D eigenvalue weighted by atomic mass is 32.1. The van der Waals surface area contributed by atoms with Gasteiger partial charge in [-0.2, -0.15) is 0 Å². The number of carbonyl (C=O) groups excluding carboxylic acids is 2. The topological polar surface area (TPSA) is 67.5 Å². The number of thiophene rings is 1. The second kappa shape index (κ2) is 7.18. The molecule has 6 nitrogen and oxygen atoms in total. The number of fused-ring (bicyclic) bond motifs is 3. The predicted molar refractivity (Wildman–Crippen MR) is 115 cm³/mol. The third kappa shape index (κ3) is 3.02. The number of nitrogens with one attached hydrogen (secondary N) is 1. The summed E-state index contributed by atoms with van der Waals surface area (Å²) in [4.78, 5) is 29.6. The van der Waals surface area contributed by atoms with Crippen molar-refractivity contribution in [2.75, 3.05) is 0 Å². The molecule has 0 aliphatic carbocycles. The maximum absolute atomic E-state index is 13.5. The summed E-state index contributed by atoms with van der Waals surface area (Å²) in [6.07, 6.45) is 1.58. The van der Waals surface area contributed by atoms with Crippen LogP contribution in [-0.2, 0) is 24.4 Å². The van der Waals surface area contributed by atoms with Crippen molar-refractivity contribution in [3.8, 4) is 0 Å². The average Bonchev–Trinajstić information content (AvgIpc) is 3.49. The Kier molecular flexibility index (Phi) is 4.47. The molecule has 2 amide bonds. The van der Waals surface area contributed by atoms with Crippen molar-refractivity contribution in [2.45, 2.75) is 32.1 Å². The molecule has 0 bridgehead atoms. The SMILES string of the molecule is C[C@@]1(C(=O)NCc2ccccc2)Cn2c(cc3ccsc32)C(=O)N1Cc1ccco1. The van der Waals surface area contributed by atoms with E-state index in [1.807, 2.05) is 65.4 Å². The van der Waals surface area contributed by atoms with Gasteiger partial charge < -0.3 is 19.2 Å². The molecule has 0 unspecified atom stereocenters. The highest BCUT2D eigenvalue weighted by Gasteiger charge is 2.48. The van der Waals surface area contributed by atoms with Gasteiger partial charge in [0.05, 0.1) is 19.4 Å². The van der Waals surface area contributed by atoms with E-state index in [2.05, 4.69) is 5.32 Å². The molecule has 4 aromatic rings. The summed E-state index contributed by atoms with van der Waals surface area (Å²) in [5.41, 5.74) is 0.565. The van der Waals surface area contributed by atoms with Crippen molar-refractivity contribution in [1.82, 2.24) is 14.8 Å². The Morgan fingerprint density at radius 3 is 2.80 bits per heavy atom. The van der Waals surface area contributed by atoms with Crippen molar-refractivity contribution < 1.29 is 14.0 Å². The van der Waals surface area contributed by atoms with Crippen LogP contribution in [0.3, 0.4) is 0 Å². The van der Waals surface area contributed by atoms with E-state index < -0.39 is 5.54 Å². The molecule has 1 aliphatic rings. The summed E-state index contributed by atoms with van der Waals surface area (Å²) in [6.45, 7) is 2.86. The minimum Gasteiger partial charge on any atom is -0.467 e. The molecule has 7 heteroatoms. The number of rotatable bonds is 5. The summed E-state index contributed by atoms with van der Waals surface area (Å²) in [5, 5.41) is 6.06. The van der Waals surface area contributed by atoms with E-state index in [-0.39, 0.29) is 18.4 Å². The van der Waals surface area contributed by atoms with Crippen LogP contribution < -0.4 is 5.32 Å². The molecule has 30 heavy (non-hydrogen) atoms. The number of aromatic nitrogens is 1. The smallest absolute Gasteiger partial charge is 0.271 e. The van der Waals surface area contributed by atoms with Crippen LogP contribution in [0.25, 0.3) is 10.2 Å². The highest BCUT2D eigenvalue weighted by Crippen LogP contribution is 2.35. The first kappa shape index (κ1) is 18.7. The third-order valence-electron chi connectivity index (χ3n) is 5.71. The molecule has 5 rings (SSSR count). The van der Waals surface area contributed by atoms with E-state index >= 15 is 0 Å². The predicted octanol–water partition coefficient (Wildman–Crippen LogP) is 4.03. The molecule has 4 heterocycles. The van der Waals surface area contributed by atoms with Gasteiger partial charge in [-0.05, 0) is 42.1 Å². The van der Waals surface area contributed by atoms with Gasteiger partial charge in [0.25, 0.3) is 5.91 Å². The lowest BCUT2D eigenvalue weighted by atomic mass is 9.94. The van der Waals surface area contributed by atoms with Crippen LogP contribution >= 0.6 is 11.3 Å². The Bertz CT molecular complexity index is 1210. The number of hydrogen-bond donors (Lipinski definition) is 1. The van der Waals surface area contributed by atoms with Gasteiger partial charge >= 0.3 is 0 Å². The van der Waals surface area contributed by atoms with Crippen molar-refractivity contribution >= 4 is 33.4 Å². The van der Waals surface area contributed by atoms with Crippen molar-refractivity contribution in [3.63, 3.8) is 0 Å². The fourth-order valence-electron chi connectivity index (χ4n) is 4.03. The zero-order valence-electron chi connectivity index (χ0n) is 16.5. The molecule has 0 saturated carbocycles. The molecule has 152 valence electrons. The van der Waals surface area contributed by atoms with E-state index in [0.29, 0.717) is 24.5 Å². The summed E-state index contributed by atoms with van der Waals surface area (Å²) >= 11 is 1.58. The van der Waals surface area contributed by atoms with Crippen molar-refractivity contribution in [2.24, 2.45) is 0 Å². The Hall–Kier alpha value is -3.32. The van der Waals surface area contributed by atoms with Gasteiger partial charge in [-0.25, -0.2) is 0 Å². The van der Waals surface area contributed by atoms with E-state index in [4.69, 9.17) is 4.42 Å². The fraction of sp³-hybridized carbons (Fsp3) is 0.217. The molecule has 1 atom stereocenters. The first-order valence-electron chi connectivity index (χ1n) is 9.79. The monoisotopic (exact) mass is 419 g/mol. The zero-order chi connectivity index (χ0) is 20.7. The molecule has 0 fully saturated rings. The standard InChI is InChI=1S/C23H21N3O3S/c1-23(22(28)24-13-16-6-3-2-4-7-16)15-25-19(12-17-9-11-30-21(17)25)20(27)26(23)14-18-8-5-10-29-18/h2-12H,13-15H2,1H3,(H,24,28)/t23-/m0/s1. The van der Waals surface area contributed by atoms with Gasteiger partial charge in [-0.15, -0.1) is 11.3 Å². The van der Waals surface area contributed by atoms with Gasteiger partial charge in [-0.1, -0.05) is 30.3 Å². The van der Waals surface area contributed by atoms with Crippen LogP contribution in [0.2, 0.25) is 0 Å². The third-order valence-corrected chi connectivity index (χ3v) is 6.66. The minimum atomic E-state index is -1.05. The maximum Gasteiger partial charge on any atom is 0.271 e. The lowest BCUT2D eigenvalue weighted by Gasteiger charge is -2.43. The first-order valence-corrected chi connectivity index (χ1v) is 10.7. The number of carbonyl (C=O) groups is 2. The lowest BCUT2D eigenvalue weighted by molar-refractivity contribution is -0.133. The average molecular weight is 420 g/mol. The number of amides is 2. The lowest BCUT2D eigenvalue weighted by Crippen LogP contribution is -2.63. The van der Waals surface area contributed by atoms with E-state index in [1.165, 1.54) is 0 Å². The molecule has 1 aliphatic heterocycles. The Labute approximate surface area is 177 Å². The van der Waals surface area contributed by atoms with Gasteiger partial charge in [0.2, 0.25) is 5.91 Å². The van der Waals surface area contributed by atoms with Gasteiger partial charge in [-0.3, -0.25) is 9.59 Å². The molecule has 0 saturated heterocycles. The highest BCUT2D eigenvalue weighted by molar-refractivity contribution is 7.16. The molecule has 0 radical (unpaired) electrons. The Morgan fingerprint density at radius 1 is 1.20 bits per heavy atom. The van der Waals surface area contributed by atoms with Gasteiger partial charge in [0.15, 0.2) is 0 Å². The zero-order valence-corrected chi connectivity index (χ0v) is 17.3. The molecular formula is C23H21N3O3S. The molecule has 3 aromatic heterocycles. The molecular weight excluding hydrogens is 398 g/mol. The summed E-state index contributed by atoms with van der Waals surface area (Å²) in [6, 6.07) is 17.3. The molecule has 1 N–H and O–H groups in total. The number of hydrogen-bond acceptors (Lipinski definition) is 4. The van der Waals surface area contributed by atoms with Crippen LogP contribution in [0.4, 0.5) is 0 Å². The maximum atomic E-state index is 13.5. The quantitative estimate of drug-likeness (QED) is 0.531. The number of nitrogens with zero attached hydrogens (tertiary/aromatic N) is 2. The summed E-state index contributed by atoms with van der Waals surface area (Å²) in [7, 11) is 0. The fourth-order valence-corrected chi connectivity index (χ4v) is 4.93. The minimum absolute atomic E-state index is 0.168. The van der Waals surface area contributed by atoms with Crippen molar-refractivity contribution in [3.05, 3.63) is 83.3 Å². The van der Waals surface area contributed by atoms with E-state index in [1.54, 1.807) is 28.6 Å². The molecule has 0 spiro atoms. The van der Waals surface area contributed by atoms with Crippen LogP contribution in [0.15, 0.2) is 70.7 Å². The normalized spacial score (nSPS) is 18.6. The number of furan rings is 1. The van der Waals surface area contributed by atoms with E-state index in [0.717, 1.165) is 15.8 Å².